The molecule has 0 aliphatic carbocycles. The van der Waals surface area contributed by atoms with Crippen molar-refractivity contribution in [2.75, 3.05) is 6.54 Å². The molecule has 2 rings (SSSR count). The van der Waals surface area contributed by atoms with E-state index in [0.29, 0.717) is 5.82 Å². The van der Waals surface area contributed by atoms with Crippen molar-refractivity contribution in [2.45, 2.75) is 32.2 Å². The summed E-state index contributed by atoms with van der Waals surface area (Å²) in [5.74, 6) is -0.328. The first kappa shape index (κ1) is 17.4. The Hall–Kier alpha value is -1.93. The average Bonchev–Trinajstić information content (AvgIpc) is 3.00. The van der Waals surface area contributed by atoms with Crippen molar-refractivity contribution < 1.29 is 18.3 Å². The number of nitrogens with zero attached hydrogens (tertiary/aromatic N) is 3. The standard InChI is InChI=1S/C15H19F3N4O/c1-11(2)14(23,15(16,17)18)9-20-8-12-3-4-21-13(7-12)22-6-5-19-10-22/h3-7,10-11,20,23H,8-9H2,1-2H3. The maximum Gasteiger partial charge on any atom is 0.418 e. The second-order valence-electron chi connectivity index (χ2n) is 5.67. The van der Waals surface area contributed by atoms with Gasteiger partial charge in [0.2, 0.25) is 0 Å². The topological polar surface area (TPSA) is 63.0 Å². The minimum atomic E-state index is -4.69. The minimum absolute atomic E-state index is 0.190. The van der Waals surface area contributed by atoms with E-state index in [1.165, 1.54) is 13.8 Å². The Morgan fingerprint density at radius 1 is 1.30 bits per heavy atom. The molecule has 0 saturated carbocycles. The van der Waals surface area contributed by atoms with Crippen LogP contribution < -0.4 is 5.32 Å². The van der Waals surface area contributed by atoms with Crippen LogP contribution in [0.2, 0.25) is 0 Å². The summed E-state index contributed by atoms with van der Waals surface area (Å²) in [6.07, 6.45) is 1.80. The number of pyridine rings is 1. The Balaban J connectivity index is 2.03. The molecule has 0 spiro atoms. The van der Waals surface area contributed by atoms with E-state index in [0.717, 1.165) is 5.56 Å². The van der Waals surface area contributed by atoms with Crippen LogP contribution in [0.1, 0.15) is 19.4 Å². The summed E-state index contributed by atoms with van der Waals surface area (Å²) in [6.45, 7) is 2.31. The van der Waals surface area contributed by atoms with Crippen molar-refractivity contribution in [3.8, 4) is 5.82 Å². The Morgan fingerprint density at radius 3 is 2.61 bits per heavy atom. The Morgan fingerprint density at radius 2 is 2.04 bits per heavy atom. The fraction of sp³-hybridized carbons (Fsp3) is 0.467. The molecule has 0 radical (unpaired) electrons. The van der Waals surface area contributed by atoms with Crippen LogP contribution in [0, 0.1) is 5.92 Å². The first-order valence-corrected chi connectivity index (χ1v) is 7.17. The van der Waals surface area contributed by atoms with Gasteiger partial charge in [-0.1, -0.05) is 13.8 Å². The number of nitrogens with one attached hydrogen (secondary N) is 1. The first-order valence-electron chi connectivity index (χ1n) is 7.17. The number of imidazole rings is 1. The van der Waals surface area contributed by atoms with Crippen LogP contribution in [0.5, 0.6) is 0 Å². The van der Waals surface area contributed by atoms with E-state index in [9.17, 15) is 18.3 Å². The lowest BCUT2D eigenvalue weighted by molar-refractivity contribution is -0.273. The molecule has 1 atom stereocenters. The van der Waals surface area contributed by atoms with Gasteiger partial charge in [0.1, 0.15) is 12.1 Å². The molecule has 2 aromatic rings. The highest BCUT2D eigenvalue weighted by Crippen LogP contribution is 2.35. The first-order chi connectivity index (χ1) is 10.7. The molecule has 0 aliphatic heterocycles. The summed E-state index contributed by atoms with van der Waals surface area (Å²) in [5, 5.41) is 12.6. The molecular formula is C15H19F3N4O. The zero-order valence-electron chi connectivity index (χ0n) is 12.9. The predicted molar refractivity (Wildman–Crippen MR) is 78.9 cm³/mol. The maximum atomic E-state index is 13.0. The highest BCUT2D eigenvalue weighted by atomic mass is 19.4. The van der Waals surface area contributed by atoms with Crippen molar-refractivity contribution in [1.29, 1.82) is 0 Å². The summed E-state index contributed by atoms with van der Waals surface area (Å²) in [5.41, 5.74) is -2.00. The molecule has 0 amide bonds. The van der Waals surface area contributed by atoms with E-state index < -0.39 is 24.2 Å². The molecule has 0 fully saturated rings. The summed E-state index contributed by atoms with van der Waals surface area (Å²) >= 11 is 0. The zero-order valence-corrected chi connectivity index (χ0v) is 12.9. The van der Waals surface area contributed by atoms with Crippen LogP contribution in [-0.2, 0) is 6.54 Å². The van der Waals surface area contributed by atoms with Crippen molar-refractivity contribution in [1.82, 2.24) is 19.9 Å². The largest absolute Gasteiger partial charge is 0.418 e. The maximum absolute atomic E-state index is 13.0. The third kappa shape index (κ3) is 3.89. The summed E-state index contributed by atoms with van der Waals surface area (Å²) in [6, 6.07) is 3.45. The van der Waals surface area contributed by atoms with Crippen LogP contribution in [0.3, 0.4) is 0 Å². The monoisotopic (exact) mass is 328 g/mol. The lowest BCUT2D eigenvalue weighted by atomic mass is 9.89. The number of aliphatic hydroxyl groups is 1. The van der Waals surface area contributed by atoms with E-state index >= 15 is 0 Å². The summed E-state index contributed by atoms with van der Waals surface area (Å²) in [4.78, 5) is 8.09. The van der Waals surface area contributed by atoms with E-state index in [1.54, 1.807) is 41.6 Å². The van der Waals surface area contributed by atoms with Gasteiger partial charge in [-0.2, -0.15) is 13.2 Å². The van der Waals surface area contributed by atoms with E-state index in [-0.39, 0.29) is 6.54 Å². The van der Waals surface area contributed by atoms with Crippen molar-refractivity contribution in [3.63, 3.8) is 0 Å². The highest BCUT2D eigenvalue weighted by molar-refractivity contribution is 5.27. The van der Waals surface area contributed by atoms with Crippen LogP contribution >= 0.6 is 0 Å². The Labute approximate surface area is 132 Å². The van der Waals surface area contributed by atoms with Gasteiger partial charge in [0.25, 0.3) is 0 Å². The molecular weight excluding hydrogens is 309 g/mol. The predicted octanol–water partition coefficient (Wildman–Crippen LogP) is 2.31. The lowest BCUT2D eigenvalue weighted by Gasteiger charge is -2.34. The van der Waals surface area contributed by atoms with Crippen LogP contribution in [0.25, 0.3) is 5.82 Å². The number of halogens is 3. The number of hydrogen-bond donors (Lipinski definition) is 2. The van der Waals surface area contributed by atoms with Gasteiger partial charge in [-0.15, -0.1) is 0 Å². The normalized spacial score (nSPS) is 14.9. The van der Waals surface area contributed by atoms with Gasteiger partial charge in [-0.05, 0) is 23.6 Å². The summed E-state index contributed by atoms with van der Waals surface area (Å²) in [7, 11) is 0. The number of aromatic nitrogens is 3. The van der Waals surface area contributed by atoms with E-state index in [1.807, 2.05) is 0 Å². The smallest absolute Gasteiger partial charge is 0.379 e. The van der Waals surface area contributed by atoms with E-state index in [4.69, 9.17) is 0 Å². The van der Waals surface area contributed by atoms with Gasteiger partial charge >= 0.3 is 6.18 Å². The van der Waals surface area contributed by atoms with Gasteiger partial charge in [-0.25, -0.2) is 9.97 Å². The van der Waals surface area contributed by atoms with Crippen molar-refractivity contribution >= 4 is 0 Å². The molecule has 5 nitrogen and oxygen atoms in total. The Bertz CT molecular complexity index is 628. The van der Waals surface area contributed by atoms with Gasteiger partial charge in [0, 0.05) is 31.7 Å². The third-order valence-electron chi connectivity index (χ3n) is 3.75. The molecule has 2 aromatic heterocycles. The average molecular weight is 328 g/mol. The lowest BCUT2D eigenvalue weighted by Crippen LogP contribution is -2.56. The fourth-order valence-corrected chi connectivity index (χ4v) is 2.14. The van der Waals surface area contributed by atoms with Crippen molar-refractivity contribution in [3.05, 3.63) is 42.6 Å². The molecule has 0 saturated heterocycles. The van der Waals surface area contributed by atoms with Crippen LogP contribution in [-0.4, -0.2) is 38.0 Å². The molecule has 8 heteroatoms. The quantitative estimate of drug-likeness (QED) is 0.854. The van der Waals surface area contributed by atoms with Crippen LogP contribution in [0.4, 0.5) is 13.2 Å². The number of alkyl halides is 3. The minimum Gasteiger partial charge on any atom is -0.379 e. The van der Waals surface area contributed by atoms with Crippen LogP contribution in [0.15, 0.2) is 37.1 Å². The molecule has 126 valence electrons. The molecule has 23 heavy (non-hydrogen) atoms. The third-order valence-corrected chi connectivity index (χ3v) is 3.75. The molecule has 2 N–H and O–H groups in total. The van der Waals surface area contributed by atoms with E-state index in [2.05, 4.69) is 15.3 Å². The molecule has 0 aromatic carbocycles. The second kappa shape index (κ2) is 6.67. The molecule has 0 bridgehead atoms. The molecule has 1 unspecified atom stereocenters. The SMILES string of the molecule is CC(C)C(O)(CNCc1ccnc(-n2ccnc2)c1)C(F)(F)F. The van der Waals surface area contributed by atoms with Gasteiger partial charge in [-0.3, -0.25) is 4.57 Å². The second-order valence-corrected chi connectivity index (χ2v) is 5.67. The molecule has 2 heterocycles. The van der Waals surface area contributed by atoms with Gasteiger partial charge in [0.15, 0.2) is 5.60 Å². The zero-order chi connectivity index (χ0) is 17.1. The summed E-state index contributed by atoms with van der Waals surface area (Å²) < 4.78 is 40.8. The number of hydrogen-bond acceptors (Lipinski definition) is 4. The Kier molecular flexibility index (Phi) is 5.06. The van der Waals surface area contributed by atoms with Gasteiger partial charge in [0.05, 0.1) is 0 Å². The highest BCUT2D eigenvalue weighted by Gasteiger charge is 2.55. The van der Waals surface area contributed by atoms with Crippen molar-refractivity contribution in [2.24, 2.45) is 5.92 Å². The molecule has 0 aliphatic rings. The fourth-order valence-electron chi connectivity index (χ4n) is 2.14. The number of rotatable bonds is 6. The van der Waals surface area contributed by atoms with Gasteiger partial charge < -0.3 is 10.4 Å².